The summed E-state index contributed by atoms with van der Waals surface area (Å²) in [6, 6.07) is 10.3. The molecule has 1 amide bonds. The van der Waals surface area contributed by atoms with E-state index in [0.717, 1.165) is 14.3 Å². The number of rotatable bonds is 6. The van der Waals surface area contributed by atoms with Gasteiger partial charge in [0.1, 0.15) is 11.3 Å². The van der Waals surface area contributed by atoms with Gasteiger partial charge in [0.25, 0.3) is 0 Å². The quantitative estimate of drug-likeness (QED) is 0.321. The van der Waals surface area contributed by atoms with E-state index in [9.17, 15) is 9.59 Å². The van der Waals surface area contributed by atoms with Crippen LogP contribution in [0.4, 0.5) is 0 Å². The van der Waals surface area contributed by atoms with Crippen LogP contribution in [0.5, 0.6) is 5.75 Å². The van der Waals surface area contributed by atoms with Crippen LogP contribution in [-0.4, -0.2) is 29.8 Å². The van der Waals surface area contributed by atoms with Crippen LogP contribution < -0.4 is 10.2 Å². The number of halogens is 3. The molecule has 0 saturated heterocycles. The van der Waals surface area contributed by atoms with Crippen molar-refractivity contribution in [2.24, 2.45) is 5.10 Å². The van der Waals surface area contributed by atoms with E-state index in [4.69, 9.17) is 14.3 Å². The predicted octanol–water partition coefficient (Wildman–Crippen LogP) is 4.95. The number of amides is 1. The highest BCUT2D eigenvalue weighted by Crippen LogP contribution is 2.31. The van der Waals surface area contributed by atoms with Crippen LogP contribution in [0, 0.1) is 0 Å². The van der Waals surface area contributed by atoms with Gasteiger partial charge < -0.3 is 14.3 Å². The minimum Gasteiger partial charge on any atom is -0.481 e. The summed E-state index contributed by atoms with van der Waals surface area (Å²) in [6.45, 7) is -0.438. The lowest BCUT2D eigenvalue weighted by Crippen LogP contribution is -2.16. The average molecular weight is 575 g/mol. The van der Waals surface area contributed by atoms with Crippen LogP contribution in [-0.2, 0) is 4.79 Å². The summed E-state index contributed by atoms with van der Waals surface area (Å²) in [4.78, 5) is 22.8. The van der Waals surface area contributed by atoms with Gasteiger partial charge in [0.15, 0.2) is 12.4 Å². The Kier molecular flexibility index (Phi) is 6.53. The van der Waals surface area contributed by atoms with Crippen molar-refractivity contribution in [3.05, 3.63) is 61.1 Å². The number of hydrogen-bond donors (Lipinski definition) is 2. The highest BCUT2D eigenvalue weighted by Gasteiger charge is 2.14. The van der Waals surface area contributed by atoms with Gasteiger partial charge in [0.2, 0.25) is 0 Å². The maximum Gasteiger partial charge on any atom is 0.341 e. The first kappa shape index (κ1) is 20.6. The minimum absolute atomic E-state index is 0.129. The van der Waals surface area contributed by atoms with Crippen LogP contribution in [0.15, 0.2) is 59.3 Å². The number of carbonyl (C=O) groups is 2. The highest BCUT2D eigenvalue weighted by molar-refractivity contribution is 9.11. The third-order valence-electron chi connectivity index (χ3n) is 3.45. The van der Waals surface area contributed by atoms with E-state index in [1.54, 1.807) is 24.3 Å². The van der Waals surface area contributed by atoms with E-state index in [1.807, 2.05) is 12.1 Å². The van der Waals surface area contributed by atoms with Crippen LogP contribution in [0.3, 0.4) is 0 Å². The normalized spacial score (nSPS) is 11.1. The molecule has 0 bridgehead atoms. The summed E-state index contributed by atoms with van der Waals surface area (Å²) in [5, 5.41) is 13.3. The largest absolute Gasteiger partial charge is 0.481 e. The number of ether oxygens (including phenoxy) is 1. The molecule has 2 aromatic carbocycles. The van der Waals surface area contributed by atoms with Crippen molar-refractivity contribution in [2.75, 3.05) is 6.61 Å². The van der Waals surface area contributed by atoms with Gasteiger partial charge in [-0.1, -0.05) is 15.9 Å². The molecule has 0 atom stereocenters. The SMILES string of the molecule is O=C(O)COc1ccc(/C=N\NC(=O)c2cc3cc(Br)cc(Br)c3o2)cc1Br. The number of hydrogen-bond acceptors (Lipinski definition) is 5. The fraction of sp³-hybridized carbons (Fsp3) is 0.0556. The molecule has 0 spiro atoms. The Labute approximate surface area is 184 Å². The lowest BCUT2D eigenvalue weighted by Gasteiger charge is -2.06. The zero-order valence-corrected chi connectivity index (χ0v) is 18.7. The molecular weight excluding hydrogens is 564 g/mol. The summed E-state index contributed by atoms with van der Waals surface area (Å²) in [6.07, 6.45) is 1.44. The topological polar surface area (TPSA) is 101 Å². The van der Waals surface area contributed by atoms with Crippen LogP contribution in [0.1, 0.15) is 16.1 Å². The Morgan fingerprint density at radius 3 is 2.64 bits per heavy atom. The van der Waals surface area contributed by atoms with Gasteiger partial charge in [-0.2, -0.15) is 5.10 Å². The molecule has 0 aliphatic carbocycles. The van der Waals surface area contributed by atoms with E-state index < -0.39 is 18.5 Å². The fourth-order valence-corrected chi connectivity index (χ4v) is 4.11. The second kappa shape index (κ2) is 8.89. The van der Waals surface area contributed by atoms with Gasteiger partial charge in [-0.25, -0.2) is 10.2 Å². The molecule has 0 aliphatic heterocycles. The summed E-state index contributed by atoms with van der Waals surface area (Å²) in [5.41, 5.74) is 3.64. The molecule has 1 heterocycles. The molecule has 3 aromatic rings. The maximum atomic E-state index is 12.2. The number of carbonyl (C=O) groups excluding carboxylic acids is 1. The lowest BCUT2D eigenvalue weighted by molar-refractivity contribution is -0.139. The molecule has 3 rings (SSSR count). The average Bonchev–Trinajstić information content (AvgIpc) is 3.05. The molecular formula is C18H11Br3N2O5. The Bertz CT molecular complexity index is 1090. The predicted molar refractivity (Wildman–Crippen MR) is 114 cm³/mol. The van der Waals surface area contributed by atoms with Crippen LogP contribution in [0.25, 0.3) is 11.0 Å². The number of nitrogens with one attached hydrogen (secondary N) is 1. The molecule has 0 aliphatic rings. The molecule has 2 N–H and O–H groups in total. The molecule has 1 aromatic heterocycles. The molecule has 144 valence electrons. The monoisotopic (exact) mass is 572 g/mol. The standard InChI is InChI=1S/C18H11Br3N2O5/c19-11-4-10-5-15(28-17(10)13(21)6-11)18(26)23-22-7-9-1-2-14(12(20)3-9)27-8-16(24)25/h1-7H,8H2,(H,23,26)(H,24,25)/b22-7-. The van der Waals surface area contributed by atoms with E-state index in [-0.39, 0.29) is 5.76 Å². The van der Waals surface area contributed by atoms with Gasteiger partial charge in [-0.3, -0.25) is 4.79 Å². The van der Waals surface area contributed by atoms with Gasteiger partial charge in [0.05, 0.1) is 15.2 Å². The Morgan fingerprint density at radius 1 is 1.14 bits per heavy atom. The smallest absolute Gasteiger partial charge is 0.341 e. The first-order valence-corrected chi connectivity index (χ1v) is 10.1. The van der Waals surface area contributed by atoms with E-state index in [0.29, 0.717) is 21.4 Å². The summed E-state index contributed by atoms with van der Waals surface area (Å²) >= 11 is 10.1. The molecule has 10 heteroatoms. The van der Waals surface area contributed by atoms with Crippen molar-refractivity contribution in [1.29, 1.82) is 0 Å². The maximum absolute atomic E-state index is 12.2. The fourth-order valence-electron chi connectivity index (χ4n) is 2.26. The number of nitrogens with zero attached hydrogens (tertiary/aromatic N) is 1. The lowest BCUT2D eigenvalue weighted by atomic mass is 10.2. The number of hydrazone groups is 1. The van der Waals surface area contributed by atoms with Crippen molar-refractivity contribution in [1.82, 2.24) is 5.43 Å². The molecule has 28 heavy (non-hydrogen) atoms. The Morgan fingerprint density at radius 2 is 1.93 bits per heavy atom. The Balaban J connectivity index is 1.67. The third kappa shape index (κ3) is 5.00. The van der Waals surface area contributed by atoms with Gasteiger partial charge in [0, 0.05) is 9.86 Å². The highest BCUT2D eigenvalue weighted by atomic mass is 79.9. The number of benzene rings is 2. The summed E-state index contributed by atoms with van der Waals surface area (Å²) in [5.74, 6) is -1.03. The number of aliphatic carboxylic acids is 1. The number of fused-ring (bicyclic) bond motifs is 1. The zero-order chi connectivity index (χ0) is 20.3. The summed E-state index contributed by atoms with van der Waals surface area (Å²) in [7, 11) is 0. The molecule has 0 radical (unpaired) electrons. The Hall–Kier alpha value is -2.17. The van der Waals surface area contributed by atoms with E-state index in [2.05, 4.69) is 58.3 Å². The van der Waals surface area contributed by atoms with Crippen LogP contribution in [0.2, 0.25) is 0 Å². The van der Waals surface area contributed by atoms with Crippen LogP contribution >= 0.6 is 47.8 Å². The molecule has 0 unspecified atom stereocenters. The minimum atomic E-state index is -1.06. The van der Waals surface area contributed by atoms with Crippen molar-refractivity contribution < 1.29 is 23.8 Å². The first-order valence-electron chi connectivity index (χ1n) is 7.69. The first-order chi connectivity index (χ1) is 13.3. The van der Waals surface area contributed by atoms with Crippen molar-refractivity contribution in [3.8, 4) is 5.75 Å². The molecule has 7 nitrogen and oxygen atoms in total. The molecule has 0 fully saturated rings. The van der Waals surface area contributed by atoms with E-state index in [1.165, 1.54) is 6.21 Å². The number of furan rings is 1. The molecule has 0 saturated carbocycles. The van der Waals surface area contributed by atoms with Crippen molar-refractivity contribution in [3.63, 3.8) is 0 Å². The summed E-state index contributed by atoms with van der Waals surface area (Å²) < 4.78 is 12.9. The number of carboxylic acids is 1. The van der Waals surface area contributed by atoms with Crippen molar-refractivity contribution in [2.45, 2.75) is 0 Å². The van der Waals surface area contributed by atoms with E-state index >= 15 is 0 Å². The van der Waals surface area contributed by atoms with Gasteiger partial charge in [-0.15, -0.1) is 0 Å². The number of carboxylic acid groups (broad SMARTS) is 1. The second-order valence-corrected chi connectivity index (χ2v) is 8.11. The third-order valence-corrected chi connectivity index (χ3v) is 5.11. The van der Waals surface area contributed by atoms with Crippen molar-refractivity contribution >= 4 is 76.9 Å². The van der Waals surface area contributed by atoms with Gasteiger partial charge in [-0.05, 0) is 73.8 Å². The second-order valence-electron chi connectivity index (χ2n) is 5.49. The zero-order valence-electron chi connectivity index (χ0n) is 13.9. The van der Waals surface area contributed by atoms with Gasteiger partial charge >= 0.3 is 11.9 Å².